The molecule has 1 aliphatic rings. The second-order valence-electron chi connectivity index (χ2n) is 4.92. The Balaban J connectivity index is 1.78. The molecular weight excluding hydrogens is 218 g/mol. The first kappa shape index (κ1) is 12.5. The minimum absolute atomic E-state index is 0.310. The van der Waals surface area contributed by atoms with E-state index in [9.17, 15) is 0 Å². The van der Waals surface area contributed by atoms with Crippen LogP contribution in [0.25, 0.3) is 0 Å². The van der Waals surface area contributed by atoms with Crippen molar-refractivity contribution in [3.63, 3.8) is 0 Å². The Morgan fingerprint density at radius 3 is 3.00 bits per heavy atom. The number of nitrogens with zero attached hydrogens (tertiary/aromatic N) is 4. The molecule has 1 fully saturated rings. The van der Waals surface area contributed by atoms with Gasteiger partial charge < -0.3 is 15.2 Å². The molecular formula is C11H21N5O. The molecule has 2 N–H and O–H groups in total. The van der Waals surface area contributed by atoms with E-state index in [1.54, 1.807) is 0 Å². The predicted molar refractivity (Wildman–Crippen MR) is 64.1 cm³/mol. The first-order valence-corrected chi connectivity index (χ1v) is 6.06. The summed E-state index contributed by atoms with van der Waals surface area (Å²) in [5, 5.41) is 3.90. The molecule has 1 aromatic rings. The fourth-order valence-electron chi connectivity index (χ4n) is 2.36. The summed E-state index contributed by atoms with van der Waals surface area (Å²) in [6.45, 7) is 4.51. The Bertz CT molecular complexity index is 353. The number of likely N-dealkylation sites (tertiary alicyclic amines) is 1. The van der Waals surface area contributed by atoms with Crippen molar-refractivity contribution in [1.82, 2.24) is 19.9 Å². The largest absolute Gasteiger partial charge is 0.338 e. The normalized spacial score (nSPS) is 21.5. The van der Waals surface area contributed by atoms with Crippen LogP contribution in [0, 0.1) is 5.92 Å². The zero-order valence-electron chi connectivity index (χ0n) is 10.6. The summed E-state index contributed by atoms with van der Waals surface area (Å²) < 4.78 is 4.98. The molecule has 17 heavy (non-hydrogen) atoms. The summed E-state index contributed by atoms with van der Waals surface area (Å²) in [5.41, 5.74) is 5.43. The summed E-state index contributed by atoms with van der Waals surface area (Å²) in [6.07, 6.45) is 1.28. The average molecular weight is 239 g/mol. The van der Waals surface area contributed by atoms with E-state index in [2.05, 4.69) is 34.0 Å². The van der Waals surface area contributed by atoms with Crippen LogP contribution in [0.1, 0.15) is 18.1 Å². The van der Waals surface area contributed by atoms with E-state index in [0.29, 0.717) is 12.4 Å². The molecule has 96 valence electrons. The van der Waals surface area contributed by atoms with E-state index in [1.165, 1.54) is 19.5 Å². The van der Waals surface area contributed by atoms with Crippen LogP contribution in [0.2, 0.25) is 0 Å². The highest BCUT2D eigenvalue weighted by Gasteiger charge is 2.21. The molecule has 0 amide bonds. The number of aromatic nitrogens is 2. The minimum atomic E-state index is 0.310. The van der Waals surface area contributed by atoms with Gasteiger partial charge in [-0.1, -0.05) is 5.16 Å². The van der Waals surface area contributed by atoms with Crippen molar-refractivity contribution in [2.75, 3.05) is 33.7 Å². The van der Waals surface area contributed by atoms with Crippen LogP contribution < -0.4 is 5.73 Å². The molecule has 1 aromatic heterocycles. The van der Waals surface area contributed by atoms with Gasteiger partial charge in [0, 0.05) is 13.1 Å². The summed E-state index contributed by atoms with van der Waals surface area (Å²) in [7, 11) is 4.27. The van der Waals surface area contributed by atoms with Crippen molar-refractivity contribution in [2.45, 2.75) is 19.5 Å². The van der Waals surface area contributed by atoms with Gasteiger partial charge in [0.15, 0.2) is 5.82 Å². The molecule has 0 saturated carbocycles. The van der Waals surface area contributed by atoms with Crippen LogP contribution in [-0.4, -0.2) is 53.7 Å². The third kappa shape index (κ3) is 3.49. The Morgan fingerprint density at radius 2 is 2.41 bits per heavy atom. The molecule has 6 nitrogen and oxygen atoms in total. The fourth-order valence-corrected chi connectivity index (χ4v) is 2.36. The molecule has 0 bridgehead atoms. The van der Waals surface area contributed by atoms with Gasteiger partial charge in [0.05, 0.1) is 13.1 Å². The van der Waals surface area contributed by atoms with Crippen molar-refractivity contribution < 1.29 is 4.52 Å². The highest BCUT2D eigenvalue weighted by Crippen LogP contribution is 2.15. The maximum Gasteiger partial charge on any atom is 0.240 e. The number of nitrogens with two attached hydrogens (primary N) is 1. The molecule has 1 unspecified atom stereocenters. The lowest BCUT2D eigenvalue weighted by Gasteiger charge is -2.19. The lowest BCUT2D eigenvalue weighted by Crippen LogP contribution is -2.27. The smallest absolute Gasteiger partial charge is 0.240 e. The number of rotatable bonds is 5. The molecule has 0 aromatic carbocycles. The highest BCUT2D eigenvalue weighted by atomic mass is 16.5. The lowest BCUT2D eigenvalue weighted by atomic mass is 10.1. The van der Waals surface area contributed by atoms with Gasteiger partial charge in [0.1, 0.15) is 0 Å². The second-order valence-corrected chi connectivity index (χ2v) is 4.92. The van der Waals surface area contributed by atoms with E-state index in [4.69, 9.17) is 10.3 Å². The minimum Gasteiger partial charge on any atom is -0.338 e. The van der Waals surface area contributed by atoms with Gasteiger partial charge in [-0.3, -0.25) is 4.90 Å². The van der Waals surface area contributed by atoms with Crippen LogP contribution in [0.15, 0.2) is 4.52 Å². The Labute approximate surface area is 102 Å². The van der Waals surface area contributed by atoms with Crippen molar-refractivity contribution in [2.24, 2.45) is 11.7 Å². The van der Waals surface area contributed by atoms with Gasteiger partial charge in [-0.15, -0.1) is 0 Å². The Morgan fingerprint density at radius 1 is 1.59 bits per heavy atom. The second kappa shape index (κ2) is 5.57. The van der Waals surface area contributed by atoms with Gasteiger partial charge in [0.25, 0.3) is 0 Å². The van der Waals surface area contributed by atoms with Gasteiger partial charge in [-0.05, 0) is 33.0 Å². The summed E-state index contributed by atoms with van der Waals surface area (Å²) in [6, 6.07) is 0. The maximum atomic E-state index is 5.43. The van der Waals surface area contributed by atoms with Crippen LogP contribution in [0.5, 0.6) is 0 Å². The van der Waals surface area contributed by atoms with Gasteiger partial charge in [-0.25, -0.2) is 0 Å². The maximum absolute atomic E-state index is 5.43. The standard InChI is InChI=1S/C11H21N5O/c1-15-4-3-9(6-15)7-16(2)8-10-13-11(5-12)17-14-10/h9H,3-8,12H2,1-2H3. The average Bonchev–Trinajstić information content (AvgIpc) is 2.88. The molecule has 6 heteroatoms. The van der Waals surface area contributed by atoms with E-state index in [-0.39, 0.29) is 0 Å². The SMILES string of the molecule is CN1CCC(CN(C)Cc2noc(CN)n2)C1. The lowest BCUT2D eigenvalue weighted by molar-refractivity contribution is 0.257. The van der Waals surface area contributed by atoms with Gasteiger partial charge >= 0.3 is 0 Å². The van der Waals surface area contributed by atoms with E-state index >= 15 is 0 Å². The predicted octanol–water partition coefficient (Wildman–Crippen LogP) is -0.0882. The summed E-state index contributed by atoms with van der Waals surface area (Å²) >= 11 is 0. The first-order valence-electron chi connectivity index (χ1n) is 6.06. The zero-order chi connectivity index (χ0) is 12.3. The number of hydrogen-bond donors (Lipinski definition) is 1. The zero-order valence-corrected chi connectivity index (χ0v) is 10.6. The molecule has 0 radical (unpaired) electrons. The topological polar surface area (TPSA) is 71.4 Å². The number of hydrogen-bond acceptors (Lipinski definition) is 6. The van der Waals surface area contributed by atoms with E-state index < -0.39 is 0 Å². The quantitative estimate of drug-likeness (QED) is 0.774. The van der Waals surface area contributed by atoms with E-state index in [0.717, 1.165) is 24.8 Å². The Kier molecular flexibility index (Phi) is 4.09. The third-order valence-electron chi connectivity index (χ3n) is 3.15. The van der Waals surface area contributed by atoms with Gasteiger partial charge in [-0.2, -0.15) is 4.98 Å². The Hall–Kier alpha value is -0.980. The van der Waals surface area contributed by atoms with Crippen LogP contribution in [-0.2, 0) is 13.1 Å². The third-order valence-corrected chi connectivity index (χ3v) is 3.15. The van der Waals surface area contributed by atoms with Gasteiger partial charge in [0.2, 0.25) is 5.89 Å². The summed E-state index contributed by atoms with van der Waals surface area (Å²) in [5.74, 6) is 1.99. The molecule has 0 spiro atoms. The fraction of sp³-hybridized carbons (Fsp3) is 0.818. The summed E-state index contributed by atoms with van der Waals surface area (Å²) in [4.78, 5) is 8.82. The first-order chi connectivity index (χ1) is 8.17. The molecule has 0 aliphatic carbocycles. The van der Waals surface area contributed by atoms with Crippen molar-refractivity contribution in [1.29, 1.82) is 0 Å². The van der Waals surface area contributed by atoms with Crippen molar-refractivity contribution in [3.8, 4) is 0 Å². The molecule has 2 rings (SSSR count). The van der Waals surface area contributed by atoms with Crippen LogP contribution in [0.3, 0.4) is 0 Å². The van der Waals surface area contributed by atoms with E-state index in [1.807, 2.05) is 0 Å². The highest BCUT2D eigenvalue weighted by molar-refractivity contribution is 4.86. The van der Waals surface area contributed by atoms with Crippen LogP contribution in [0.4, 0.5) is 0 Å². The molecule has 1 saturated heterocycles. The monoisotopic (exact) mass is 239 g/mol. The van der Waals surface area contributed by atoms with Crippen molar-refractivity contribution >= 4 is 0 Å². The molecule has 1 aliphatic heterocycles. The molecule has 2 heterocycles. The van der Waals surface area contributed by atoms with Crippen LogP contribution >= 0.6 is 0 Å². The molecule has 1 atom stereocenters. The van der Waals surface area contributed by atoms with Crippen molar-refractivity contribution in [3.05, 3.63) is 11.7 Å².